The summed E-state index contributed by atoms with van der Waals surface area (Å²) in [7, 11) is -9.28. The topological polar surface area (TPSA) is 156 Å². The van der Waals surface area contributed by atoms with Gasteiger partial charge in [0.1, 0.15) is 0 Å². The maximum atomic E-state index is 8.88. The van der Waals surface area contributed by atoms with Crippen molar-refractivity contribution in [2.24, 2.45) is 0 Å². The van der Waals surface area contributed by atoms with Gasteiger partial charge in [-0.15, -0.1) is 0 Å². The van der Waals surface area contributed by atoms with Gasteiger partial charge in [0, 0.05) is 0 Å². The molecule has 76 valence electrons. The van der Waals surface area contributed by atoms with Crippen LogP contribution in [0.3, 0.4) is 0 Å². The summed E-state index contributed by atoms with van der Waals surface area (Å²) < 4.78 is 17.8. The smallest absolute Gasteiger partial charge is 0.303 e. The fourth-order valence-electron chi connectivity index (χ4n) is 0. The van der Waals surface area contributed by atoms with E-state index in [1.165, 1.54) is 0 Å². The van der Waals surface area contributed by atoms with Gasteiger partial charge in [0.05, 0.1) is 0 Å². The first kappa shape index (κ1) is 18.2. The molecule has 0 unspecified atom stereocenters. The Bertz CT molecular complexity index is 141. The van der Waals surface area contributed by atoms with Crippen molar-refractivity contribution in [3.8, 4) is 0 Å². The molecule has 0 aliphatic rings. The second-order valence-corrected chi connectivity index (χ2v) is 3.08. The van der Waals surface area contributed by atoms with Crippen LogP contribution in [0.4, 0.5) is 0 Å². The Kier molecular flexibility index (Phi) is 12.0. The summed E-state index contributed by atoms with van der Waals surface area (Å²) in [5.41, 5.74) is 0. The highest BCUT2D eigenvalue weighted by Crippen LogP contribution is 2.26. The van der Waals surface area contributed by atoms with Gasteiger partial charge in [-0.25, -0.2) is 9.13 Å². The Hall–Kier alpha value is 0.310. The quantitative estimate of drug-likeness (QED) is 0.226. The summed E-state index contributed by atoms with van der Waals surface area (Å²) in [6, 6.07) is 0. The minimum atomic E-state index is -4.64. The van der Waals surface area contributed by atoms with Crippen molar-refractivity contribution in [1.29, 1.82) is 0 Å². The third-order valence-electron chi connectivity index (χ3n) is 0. The highest BCUT2D eigenvalue weighted by molar-refractivity contribution is 7.77. The second kappa shape index (κ2) is 7.93. The highest BCUT2D eigenvalue weighted by Gasteiger charge is 2.00. The van der Waals surface area contributed by atoms with Crippen LogP contribution in [0.5, 0.6) is 0 Å². The molecule has 0 spiro atoms. The van der Waals surface area contributed by atoms with Crippen molar-refractivity contribution in [2.75, 3.05) is 0 Å². The van der Waals surface area contributed by atoms with Crippen LogP contribution < -0.4 is 0 Å². The Labute approximate surface area is 73.0 Å². The zero-order chi connectivity index (χ0) is 11.0. The van der Waals surface area contributed by atoms with Crippen molar-refractivity contribution < 1.29 is 38.5 Å². The maximum Gasteiger partial charge on any atom is 0.466 e. The molecule has 6 N–H and O–H groups in total. The number of thiocarbonyl (C=S) groups is 1. The van der Waals surface area contributed by atoms with E-state index in [1.54, 1.807) is 0 Å². The van der Waals surface area contributed by atoms with E-state index in [0.717, 1.165) is 0 Å². The molecular weight excluding hydrogens is 234 g/mol. The number of hydrogen-bond acceptors (Lipinski definition) is 3. The first-order valence-electron chi connectivity index (χ1n) is 1.85. The maximum absolute atomic E-state index is 8.88. The van der Waals surface area contributed by atoms with E-state index in [9.17, 15) is 0 Å². The van der Waals surface area contributed by atoms with Gasteiger partial charge in [0.15, 0.2) is 0 Å². The molecular formula is CH8O8P2S. The van der Waals surface area contributed by atoms with E-state index in [-0.39, 0.29) is 0 Å². The summed E-state index contributed by atoms with van der Waals surface area (Å²) >= 11 is 3.83. The first-order valence-corrected chi connectivity index (χ1v) is 5.56. The summed E-state index contributed by atoms with van der Waals surface area (Å²) in [6.45, 7) is 0. The fraction of sp³-hybridized carbons (Fsp3) is 0. The fourth-order valence-corrected chi connectivity index (χ4v) is 0. The predicted octanol–water partition coefficient (Wildman–Crippen LogP) is -1.24. The second-order valence-electron chi connectivity index (χ2n) is 1.03. The summed E-state index contributed by atoms with van der Waals surface area (Å²) in [6.07, 6.45) is 0. The van der Waals surface area contributed by atoms with Crippen molar-refractivity contribution in [3.63, 3.8) is 0 Å². The van der Waals surface area contributed by atoms with E-state index in [4.69, 9.17) is 38.5 Å². The van der Waals surface area contributed by atoms with Crippen LogP contribution in [-0.4, -0.2) is 35.2 Å². The molecule has 0 saturated heterocycles. The Morgan fingerprint density at radius 3 is 0.750 bits per heavy atom. The van der Waals surface area contributed by atoms with Gasteiger partial charge < -0.3 is 29.4 Å². The zero-order valence-electron chi connectivity index (χ0n) is 5.51. The predicted molar refractivity (Wildman–Crippen MR) is 43.2 cm³/mol. The largest absolute Gasteiger partial charge is 0.466 e. The molecule has 0 atom stereocenters. The van der Waals surface area contributed by atoms with Gasteiger partial charge in [0.25, 0.3) is 0 Å². The van der Waals surface area contributed by atoms with E-state index in [2.05, 4.69) is 18.1 Å². The van der Waals surface area contributed by atoms with Gasteiger partial charge >= 0.3 is 15.6 Å². The SMILES string of the molecule is C=S.O=P(O)(O)O.O=P(O)(O)O. The van der Waals surface area contributed by atoms with Crippen LogP contribution in [0.25, 0.3) is 0 Å². The highest BCUT2D eigenvalue weighted by atomic mass is 32.1. The lowest BCUT2D eigenvalue weighted by Gasteiger charge is -1.82. The van der Waals surface area contributed by atoms with E-state index in [0.29, 0.717) is 0 Å². The summed E-state index contributed by atoms with van der Waals surface area (Å²) in [5.74, 6) is 2.83. The molecule has 0 heterocycles. The van der Waals surface area contributed by atoms with Gasteiger partial charge in [-0.2, -0.15) is 0 Å². The van der Waals surface area contributed by atoms with Crippen LogP contribution in [0.15, 0.2) is 0 Å². The lowest BCUT2D eigenvalue weighted by molar-refractivity contribution is 0.272. The van der Waals surface area contributed by atoms with Crippen LogP contribution in [0, 0.1) is 0 Å². The molecule has 0 saturated carbocycles. The zero-order valence-corrected chi connectivity index (χ0v) is 8.11. The molecule has 11 heteroatoms. The Morgan fingerprint density at radius 1 is 0.750 bits per heavy atom. The minimum absolute atomic E-state index is 2.83. The molecule has 8 nitrogen and oxygen atoms in total. The normalized spacial score (nSPS) is 10.2. The van der Waals surface area contributed by atoms with E-state index >= 15 is 0 Å². The van der Waals surface area contributed by atoms with Crippen molar-refractivity contribution in [3.05, 3.63) is 0 Å². The van der Waals surface area contributed by atoms with Gasteiger partial charge in [-0.1, -0.05) is 12.2 Å². The third-order valence-corrected chi connectivity index (χ3v) is 0. The molecule has 0 bridgehead atoms. The molecule has 0 amide bonds. The molecule has 0 aromatic heterocycles. The molecule has 0 aromatic carbocycles. The summed E-state index contributed by atoms with van der Waals surface area (Å²) in [5, 5.41) is 0. The van der Waals surface area contributed by atoms with Crippen molar-refractivity contribution in [2.45, 2.75) is 0 Å². The molecule has 0 fully saturated rings. The first-order chi connectivity index (χ1) is 5.00. The summed E-state index contributed by atoms with van der Waals surface area (Å²) in [4.78, 5) is 43.1. The van der Waals surface area contributed by atoms with E-state index in [1.807, 2.05) is 0 Å². The molecule has 0 aliphatic heterocycles. The minimum Gasteiger partial charge on any atom is -0.303 e. The average molecular weight is 242 g/mol. The van der Waals surface area contributed by atoms with Crippen LogP contribution in [0.1, 0.15) is 0 Å². The molecule has 0 aromatic rings. The molecule has 0 aliphatic carbocycles. The van der Waals surface area contributed by atoms with Gasteiger partial charge in [-0.3, -0.25) is 0 Å². The standard InChI is InChI=1S/CH2S.2H3O4P/c1-2;2*1-5(2,3)4/h1H2;2*(H3,1,2,3,4). The number of rotatable bonds is 0. The van der Waals surface area contributed by atoms with E-state index < -0.39 is 15.6 Å². The lowest BCUT2D eigenvalue weighted by Crippen LogP contribution is -1.66. The Morgan fingerprint density at radius 2 is 0.750 bits per heavy atom. The molecule has 0 rings (SSSR count). The van der Waals surface area contributed by atoms with Gasteiger partial charge in [-0.05, 0) is 5.87 Å². The van der Waals surface area contributed by atoms with Crippen LogP contribution in [-0.2, 0) is 9.13 Å². The average Bonchev–Trinajstić information content (AvgIpc) is 1.59. The third kappa shape index (κ3) is 9300. The van der Waals surface area contributed by atoms with Crippen LogP contribution in [0.2, 0.25) is 0 Å². The lowest BCUT2D eigenvalue weighted by atomic mass is 12.0. The molecule has 12 heavy (non-hydrogen) atoms. The molecule has 0 radical (unpaired) electrons. The van der Waals surface area contributed by atoms with Crippen molar-refractivity contribution >= 4 is 33.7 Å². The Balaban J connectivity index is -0.000000112. The number of phosphoric acid groups is 2. The van der Waals surface area contributed by atoms with Crippen molar-refractivity contribution in [1.82, 2.24) is 0 Å². The van der Waals surface area contributed by atoms with Crippen LogP contribution >= 0.6 is 27.9 Å². The van der Waals surface area contributed by atoms with Gasteiger partial charge in [0.2, 0.25) is 0 Å². The monoisotopic (exact) mass is 242 g/mol. The number of hydrogen-bond donors (Lipinski definition) is 6.